The van der Waals surface area contributed by atoms with Crippen LogP contribution in [-0.2, 0) is 33.3 Å². The smallest absolute Gasteiger partial charge is 0.330 e. The Morgan fingerprint density at radius 1 is 1.07 bits per heavy atom. The number of aromatic nitrogens is 2. The van der Waals surface area contributed by atoms with Crippen molar-refractivity contribution in [2.24, 2.45) is 17.8 Å². The fourth-order valence-corrected chi connectivity index (χ4v) is 5.84. The lowest BCUT2D eigenvalue weighted by Crippen LogP contribution is -2.58. The van der Waals surface area contributed by atoms with E-state index in [0.717, 1.165) is 11.1 Å². The SMILES string of the molecule is COC(=O)/C=C/C1=C[C@@H](C)C1C(OC)(OC)C(CC(c1ccc(OC)c(OC)c1)C(C)C(=O)OC)OC(=S)n1ccnc1. The number of methoxy groups -OCH3 is 6. The molecule has 2 aromatic rings. The van der Waals surface area contributed by atoms with E-state index in [1.54, 1.807) is 50.2 Å². The highest BCUT2D eigenvalue weighted by Crippen LogP contribution is 2.49. The third kappa shape index (κ3) is 7.26. The highest BCUT2D eigenvalue weighted by Gasteiger charge is 2.55. The zero-order valence-corrected chi connectivity index (χ0v) is 26.6. The van der Waals surface area contributed by atoms with Gasteiger partial charge >= 0.3 is 11.9 Å². The van der Waals surface area contributed by atoms with Gasteiger partial charge in [-0.05, 0) is 47.8 Å². The van der Waals surface area contributed by atoms with Gasteiger partial charge in [-0.15, -0.1) is 0 Å². The monoisotopic (exact) mass is 616 g/mol. The van der Waals surface area contributed by atoms with E-state index in [1.807, 2.05) is 25.1 Å². The maximum atomic E-state index is 13.0. The molecule has 1 aliphatic rings. The summed E-state index contributed by atoms with van der Waals surface area (Å²) in [5.41, 5.74) is 1.58. The third-order valence-corrected chi connectivity index (χ3v) is 8.22. The Hall–Kier alpha value is -3.74. The summed E-state index contributed by atoms with van der Waals surface area (Å²) in [6.07, 6.45) is 9.15. The van der Waals surface area contributed by atoms with Crippen molar-refractivity contribution in [3.63, 3.8) is 0 Å². The quantitative estimate of drug-likeness (QED) is 0.131. The van der Waals surface area contributed by atoms with Crippen molar-refractivity contribution in [3.05, 3.63) is 66.3 Å². The van der Waals surface area contributed by atoms with Gasteiger partial charge in [0.25, 0.3) is 5.17 Å². The van der Waals surface area contributed by atoms with Gasteiger partial charge in [-0.1, -0.05) is 32.1 Å². The Balaban J connectivity index is 2.16. The van der Waals surface area contributed by atoms with Crippen molar-refractivity contribution in [3.8, 4) is 11.5 Å². The molecule has 1 aromatic carbocycles. The Kier molecular flexibility index (Phi) is 11.9. The number of carbonyl (C=O) groups excluding carboxylic acids is 2. The number of allylic oxidation sites excluding steroid dienone is 2. The maximum absolute atomic E-state index is 13.0. The van der Waals surface area contributed by atoms with E-state index in [-0.39, 0.29) is 23.4 Å². The molecule has 11 nitrogen and oxygen atoms in total. The second kappa shape index (κ2) is 15.1. The molecule has 12 heteroatoms. The fraction of sp³-hybridized carbons (Fsp3) is 0.484. The predicted octanol–water partition coefficient (Wildman–Crippen LogP) is 4.31. The maximum Gasteiger partial charge on any atom is 0.330 e. The summed E-state index contributed by atoms with van der Waals surface area (Å²) in [5.74, 6) is -2.74. The third-order valence-electron chi connectivity index (χ3n) is 7.91. The van der Waals surface area contributed by atoms with Crippen molar-refractivity contribution < 1.29 is 42.7 Å². The molecule has 234 valence electrons. The molecule has 0 amide bonds. The zero-order valence-electron chi connectivity index (χ0n) is 25.8. The van der Waals surface area contributed by atoms with E-state index in [4.69, 9.17) is 45.4 Å². The van der Waals surface area contributed by atoms with Gasteiger partial charge in [-0.25, -0.2) is 9.78 Å². The van der Waals surface area contributed by atoms with Crippen LogP contribution < -0.4 is 9.47 Å². The van der Waals surface area contributed by atoms with Gasteiger partial charge in [0.2, 0.25) is 5.79 Å². The van der Waals surface area contributed by atoms with Crippen molar-refractivity contribution in [2.75, 3.05) is 42.7 Å². The lowest BCUT2D eigenvalue weighted by atomic mass is 9.67. The molecule has 1 aromatic heterocycles. The Morgan fingerprint density at radius 2 is 1.77 bits per heavy atom. The molecule has 0 saturated heterocycles. The Labute approximate surface area is 257 Å². The van der Waals surface area contributed by atoms with E-state index in [0.29, 0.717) is 11.5 Å². The molecule has 0 fully saturated rings. The van der Waals surface area contributed by atoms with Crippen molar-refractivity contribution in [1.29, 1.82) is 0 Å². The van der Waals surface area contributed by atoms with Crippen LogP contribution in [0, 0.1) is 17.8 Å². The van der Waals surface area contributed by atoms with E-state index < -0.39 is 35.7 Å². The first-order chi connectivity index (χ1) is 20.6. The molecular formula is C31H40N2O9S. The molecule has 1 heterocycles. The molecular weight excluding hydrogens is 576 g/mol. The molecule has 4 unspecified atom stereocenters. The van der Waals surface area contributed by atoms with Crippen LogP contribution in [0.3, 0.4) is 0 Å². The first kappa shape index (κ1) is 33.8. The van der Waals surface area contributed by atoms with Crippen LogP contribution in [0.2, 0.25) is 0 Å². The molecule has 3 rings (SSSR count). The number of esters is 2. The van der Waals surface area contributed by atoms with E-state index >= 15 is 0 Å². The summed E-state index contributed by atoms with van der Waals surface area (Å²) in [5, 5.41) is 0.111. The van der Waals surface area contributed by atoms with Crippen molar-refractivity contribution >= 4 is 29.3 Å². The van der Waals surface area contributed by atoms with Crippen LogP contribution in [0.5, 0.6) is 11.5 Å². The molecule has 43 heavy (non-hydrogen) atoms. The van der Waals surface area contributed by atoms with Crippen molar-refractivity contribution in [1.82, 2.24) is 9.55 Å². The molecule has 0 saturated carbocycles. The Morgan fingerprint density at radius 3 is 2.30 bits per heavy atom. The average Bonchev–Trinajstić information content (AvgIpc) is 3.57. The molecule has 0 aliphatic heterocycles. The number of thiocarbonyl (C=S) groups is 1. The van der Waals surface area contributed by atoms with Crippen LogP contribution in [0.1, 0.15) is 31.7 Å². The second-order valence-corrected chi connectivity index (χ2v) is 10.4. The number of carbonyl (C=O) groups is 2. The Bertz CT molecular complexity index is 1320. The molecule has 1 aliphatic carbocycles. The number of benzene rings is 1. The summed E-state index contributed by atoms with van der Waals surface area (Å²) >= 11 is 5.67. The summed E-state index contributed by atoms with van der Waals surface area (Å²) in [4.78, 5) is 29.0. The van der Waals surface area contributed by atoms with Crippen LogP contribution >= 0.6 is 12.2 Å². The number of rotatable bonds is 14. The zero-order chi connectivity index (χ0) is 31.7. The number of imidazole rings is 1. The normalized spacial score (nSPS) is 18.6. The lowest BCUT2D eigenvalue weighted by molar-refractivity contribution is -0.288. The van der Waals surface area contributed by atoms with Crippen LogP contribution in [-0.4, -0.2) is 81.2 Å². The van der Waals surface area contributed by atoms with Crippen molar-refractivity contribution in [2.45, 2.75) is 38.1 Å². The number of hydrogen-bond donors (Lipinski definition) is 0. The summed E-state index contributed by atoms with van der Waals surface area (Å²) in [6.45, 7) is 3.80. The van der Waals surface area contributed by atoms with E-state index in [1.165, 1.54) is 40.8 Å². The minimum Gasteiger partial charge on any atom is -0.493 e. The van der Waals surface area contributed by atoms with Gasteiger partial charge in [-0.3, -0.25) is 9.36 Å². The molecule has 0 spiro atoms. The highest BCUT2D eigenvalue weighted by molar-refractivity contribution is 7.80. The van der Waals surface area contributed by atoms with Gasteiger partial charge in [0, 0.05) is 44.5 Å². The molecule has 0 N–H and O–H groups in total. The minimum atomic E-state index is -1.40. The molecule has 0 radical (unpaired) electrons. The van der Waals surface area contributed by atoms with Gasteiger partial charge in [0.05, 0.1) is 34.4 Å². The summed E-state index contributed by atoms with van der Waals surface area (Å²) < 4.78 is 41.4. The predicted molar refractivity (Wildman–Crippen MR) is 162 cm³/mol. The second-order valence-electron chi connectivity index (χ2n) is 10.1. The van der Waals surface area contributed by atoms with Crippen LogP contribution in [0.25, 0.3) is 0 Å². The van der Waals surface area contributed by atoms with Gasteiger partial charge < -0.3 is 33.2 Å². The van der Waals surface area contributed by atoms with Gasteiger partial charge in [-0.2, -0.15) is 0 Å². The first-order valence-electron chi connectivity index (χ1n) is 13.7. The van der Waals surface area contributed by atoms with Gasteiger partial charge in [0.1, 0.15) is 6.33 Å². The number of ether oxygens (including phenoxy) is 7. The summed E-state index contributed by atoms with van der Waals surface area (Å²) in [6, 6.07) is 5.48. The minimum absolute atomic E-state index is 0.0253. The van der Waals surface area contributed by atoms with Crippen LogP contribution in [0.4, 0.5) is 0 Å². The van der Waals surface area contributed by atoms with E-state index in [9.17, 15) is 9.59 Å². The largest absolute Gasteiger partial charge is 0.493 e. The standard InChI is InChI=1S/C31H40N2O9S/c1-19-15-22(10-12-27(34)38-5)28(19)31(40-7,41-8)26(42-30(43)33-14-13-32-18-33)17-23(20(2)29(35)39-6)21-9-11-24(36-3)25(16-21)37-4/h9-16,18-20,23,26,28H,17H2,1-8H3/b12-10+/t19-,20?,23?,26?,28?/m1/s1. The number of nitrogens with zero attached hydrogens (tertiary/aromatic N) is 2. The topological polar surface area (TPSA) is 117 Å². The molecule has 0 bridgehead atoms. The lowest BCUT2D eigenvalue weighted by Gasteiger charge is -2.50. The molecule has 5 atom stereocenters. The summed E-state index contributed by atoms with van der Waals surface area (Å²) in [7, 11) is 8.82. The van der Waals surface area contributed by atoms with Crippen LogP contribution in [0.15, 0.2) is 60.7 Å². The van der Waals surface area contributed by atoms with E-state index in [2.05, 4.69) is 4.98 Å². The van der Waals surface area contributed by atoms with Gasteiger partial charge in [0.15, 0.2) is 17.6 Å². The first-order valence-corrected chi connectivity index (χ1v) is 14.1. The fourth-order valence-electron chi connectivity index (χ4n) is 5.62. The average molecular weight is 617 g/mol. The number of hydrogen-bond acceptors (Lipinski definition) is 11. The highest BCUT2D eigenvalue weighted by atomic mass is 32.1.